The molecule has 24 heavy (non-hydrogen) atoms. The Morgan fingerprint density at radius 3 is 2.67 bits per heavy atom. The van der Waals surface area contributed by atoms with E-state index in [1.54, 1.807) is 12.1 Å². The van der Waals surface area contributed by atoms with Crippen LogP contribution < -0.4 is 20.9 Å². The van der Waals surface area contributed by atoms with Gasteiger partial charge in [-0.1, -0.05) is 6.07 Å². The molecule has 0 radical (unpaired) electrons. The lowest BCUT2D eigenvalue weighted by molar-refractivity contribution is -0.115. The molecule has 8 nitrogen and oxygen atoms in total. The van der Waals surface area contributed by atoms with E-state index in [2.05, 4.69) is 15.7 Å². The summed E-state index contributed by atoms with van der Waals surface area (Å²) in [6.07, 6.45) is 0. The van der Waals surface area contributed by atoms with Crippen molar-refractivity contribution >= 4 is 17.5 Å². The van der Waals surface area contributed by atoms with Gasteiger partial charge in [0.25, 0.3) is 11.5 Å². The number of hydrogen-bond acceptors (Lipinski definition) is 5. The number of carbonyl (C=O) groups excluding carboxylic acids is 2. The third kappa shape index (κ3) is 4.19. The normalized spacial score (nSPS) is 10.1. The molecule has 0 atom stereocenters. The first-order valence-electron chi connectivity index (χ1n) is 7.17. The molecule has 0 spiro atoms. The van der Waals surface area contributed by atoms with Crippen molar-refractivity contribution in [3.63, 3.8) is 0 Å². The summed E-state index contributed by atoms with van der Waals surface area (Å²) < 4.78 is 6.22. The summed E-state index contributed by atoms with van der Waals surface area (Å²) in [6.45, 7) is 1.66. The number of aromatic nitrogens is 2. The van der Waals surface area contributed by atoms with E-state index in [4.69, 9.17) is 4.74 Å². The standard InChI is InChI=1S/C16H18N4O4/c1-10-4-6-13(24-3)12(8-10)18-14(21)9-17-16(23)11-5-7-15(22)20(2)19-11/h4-8H,9H2,1-3H3,(H,17,23)(H,18,21). The lowest BCUT2D eigenvalue weighted by Crippen LogP contribution is -2.34. The van der Waals surface area contributed by atoms with E-state index in [0.717, 1.165) is 10.2 Å². The minimum atomic E-state index is -0.544. The lowest BCUT2D eigenvalue weighted by Gasteiger charge is -2.11. The highest BCUT2D eigenvalue weighted by Crippen LogP contribution is 2.24. The third-order valence-corrected chi connectivity index (χ3v) is 3.23. The summed E-state index contributed by atoms with van der Waals surface area (Å²) >= 11 is 0. The van der Waals surface area contributed by atoms with Crippen molar-refractivity contribution in [3.8, 4) is 5.75 Å². The largest absolute Gasteiger partial charge is 0.495 e. The quantitative estimate of drug-likeness (QED) is 0.829. The van der Waals surface area contributed by atoms with Gasteiger partial charge in [0.1, 0.15) is 11.4 Å². The lowest BCUT2D eigenvalue weighted by atomic mass is 10.2. The Morgan fingerprint density at radius 2 is 2.00 bits per heavy atom. The molecule has 1 heterocycles. The topological polar surface area (TPSA) is 102 Å². The highest BCUT2D eigenvalue weighted by atomic mass is 16.5. The average molecular weight is 330 g/mol. The number of carbonyl (C=O) groups is 2. The van der Waals surface area contributed by atoms with Crippen LogP contribution in [0.3, 0.4) is 0 Å². The van der Waals surface area contributed by atoms with Gasteiger partial charge in [-0.3, -0.25) is 14.4 Å². The first kappa shape index (κ1) is 17.2. The van der Waals surface area contributed by atoms with Gasteiger partial charge in [0.15, 0.2) is 0 Å². The van der Waals surface area contributed by atoms with Gasteiger partial charge in [0, 0.05) is 13.1 Å². The van der Waals surface area contributed by atoms with Crippen LogP contribution in [0.15, 0.2) is 35.1 Å². The van der Waals surface area contributed by atoms with Crippen LogP contribution in [0.2, 0.25) is 0 Å². The van der Waals surface area contributed by atoms with Crippen LogP contribution in [-0.2, 0) is 11.8 Å². The van der Waals surface area contributed by atoms with Crippen molar-refractivity contribution in [2.75, 3.05) is 19.0 Å². The molecule has 2 rings (SSSR count). The van der Waals surface area contributed by atoms with E-state index in [-0.39, 0.29) is 17.8 Å². The third-order valence-electron chi connectivity index (χ3n) is 3.23. The van der Waals surface area contributed by atoms with Crippen LogP contribution in [0.5, 0.6) is 5.75 Å². The van der Waals surface area contributed by atoms with Crippen LogP contribution in [0.1, 0.15) is 16.1 Å². The molecular formula is C16H18N4O4. The predicted molar refractivity (Wildman–Crippen MR) is 88.2 cm³/mol. The van der Waals surface area contributed by atoms with Crippen LogP contribution in [0.25, 0.3) is 0 Å². The Balaban J connectivity index is 1.98. The van der Waals surface area contributed by atoms with Gasteiger partial charge in [0.2, 0.25) is 5.91 Å². The number of nitrogens with one attached hydrogen (secondary N) is 2. The molecule has 2 aromatic rings. The van der Waals surface area contributed by atoms with Gasteiger partial charge >= 0.3 is 0 Å². The van der Waals surface area contributed by atoms with Crippen molar-refractivity contribution in [1.82, 2.24) is 15.1 Å². The Kier molecular flexibility index (Phi) is 5.31. The molecule has 0 unspecified atom stereocenters. The number of amides is 2. The van der Waals surface area contributed by atoms with Crippen LogP contribution >= 0.6 is 0 Å². The molecule has 0 aliphatic carbocycles. The Labute approximate surface area is 138 Å². The summed E-state index contributed by atoms with van der Waals surface area (Å²) in [7, 11) is 2.95. The van der Waals surface area contributed by atoms with Gasteiger partial charge in [-0.2, -0.15) is 5.10 Å². The number of rotatable bonds is 5. The first-order chi connectivity index (χ1) is 11.4. The summed E-state index contributed by atoms with van der Waals surface area (Å²) in [6, 6.07) is 7.92. The van der Waals surface area contributed by atoms with Crippen molar-refractivity contribution in [2.24, 2.45) is 7.05 Å². The number of anilines is 1. The molecule has 2 amide bonds. The molecule has 0 saturated carbocycles. The summed E-state index contributed by atoms with van der Waals surface area (Å²) in [5.74, 6) is -0.422. The minimum absolute atomic E-state index is 0.0537. The van der Waals surface area contributed by atoms with Crippen LogP contribution in [-0.4, -0.2) is 35.2 Å². The van der Waals surface area contributed by atoms with E-state index < -0.39 is 11.8 Å². The molecule has 2 N–H and O–H groups in total. The van der Waals surface area contributed by atoms with Crippen molar-refractivity contribution in [1.29, 1.82) is 0 Å². The summed E-state index contributed by atoms with van der Waals surface area (Å²) in [5.41, 5.74) is 1.22. The number of ether oxygens (including phenoxy) is 1. The maximum Gasteiger partial charge on any atom is 0.272 e. The second-order valence-corrected chi connectivity index (χ2v) is 5.12. The fourth-order valence-electron chi connectivity index (χ4n) is 1.99. The fourth-order valence-corrected chi connectivity index (χ4v) is 1.99. The van der Waals surface area contributed by atoms with Crippen LogP contribution in [0.4, 0.5) is 5.69 Å². The van der Waals surface area contributed by atoms with Crippen LogP contribution in [0, 0.1) is 6.92 Å². The number of methoxy groups -OCH3 is 1. The number of nitrogens with zero attached hydrogens (tertiary/aromatic N) is 2. The molecule has 1 aromatic heterocycles. The summed E-state index contributed by atoms with van der Waals surface area (Å²) in [4.78, 5) is 35.2. The van der Waals surface area contributed by atoms with Crippen molar-refractivity contribution < 1.29 is 14.3 Å². The molecule has 126 valence electrons. The van der Waals surface area contributed by atoms with E-state index in [1.165, 1.54) is 26.3 Å². The molecular weight excluding hydrogens is 312 g/mol. The molecule has 0 fully saturated rings. The Morgan fingerprint density at radius 1 is 1.25 bits per heavy atom. The molecule has 0 bridgehead atoms. The maximum atomic E-state index is 12.0. The average Bonchev–Trinajstić information content (AvgIpc) is 2.55. The van der Waals surface area contributed by atoms with Crippen molar-refractivity contribution in [2.45, 2.75) is 6.92 Å². The van der Waals surface area contributed by atoms with Gasteiger partial charge in [0.05, 0.1) is 19.3 Å². The molecule has 1 aromatic carbocycles. The smallest absolute Gasteiger partial charge is 0.272 e. The second-order valence-electron chi connectivity index (χ2n) is 5.12. The summed E-state index contributed by atoms with van der Waals surface area (Å²) in [5, 5.41) is 8.94. The fraction of sp³-hybridized carbons (Fsp3) is 0.250. The monoisotopic (exact) mass is 330 g/mol. The predicted octanol–water partition coefficient (Wildman–Crippen LogP) is 0.466. The highest BCUT2D eigenvalue weighted by molar-refractivity contribution is 5.98. The first-order valence-corrected chi connectivity index (χ1v) is 7.17. The molecule has 8 heteroatoms. The van der Waals surface area contributed by atoms with E-state index in [1.807, 2.05) is 13.0 Å². The van der Waals surface area contributed by atoms with E-state index >= 15 is 0 Å². The Bertz CT molecular complexity index is 829. The second kappa shape index (κ2) is 7.40. The molecule has 0 aliphatic rings. The number of benzene rings is 1. The zero-order valence-corrected chi connectivity index (χ0v) is 13.6. The number of aryl methyl sites for hydroxylation is 2. The highest BCUT2D eigenvalue weighted by Gasteiger charge is 2.12. The van der Waals surface area contributed by atoms with Gasteiger partial charge in [-0.05, 0) is 30.7 Å². The van der Waals surface area contributed by atoms with Gasteiger partial charge < -0.3 is 15.4 Å². The van der Waals surface area contributed by atoms with Crippen molar-refractivity contribution in [3.05, 3.63) is 51.9 Å². The molecule has 0 saturated heterocycles. The zero-order valence-electron chi connectivity index (χ0n) is 13.6. The zero-order chi connectivity index (χ0) is 17.7. The maximum absolute atomic E-state index is 12.0. The van der Waals surface area contributed by atoms with Gasteiger partial charge in [-0.25, -0.2) is 4.68 Å². The van der Waals surface area contributed by atoms with E-state index in [0.29, 0.717) is 11.4 Å². The van der Waals surface area contributed by atoms with Gasteiger partial charge in [-0.15, -0.1) is 0 Å². The number of hydrogen-bond donors (Lipinski definition) is 2. The minimum Gasteiger partial charge on any atom is -0.495 e. The molecule has 0 aliphatic heterocycles. The Hall–Kier alpha value is -3.16. The van der Waals surface area contributed by atoms with E-state index in [9.17, 15) is 14.4 Å². The SMILES string of the molecule is COc1ccc(C)cc1NC(=O)CNC(=O)c1ccc(=O)n(C)n1.